The van der Waals surface area contributed by atoms with Gasteiger partial charge in [0.2, 0.25) is 11.8 Å². The zero-order valence-corrected chi connectivity index (χ0v) is 9.61. The molecule has 0 bridgehead atoms. The van der Waals surface area contributed by atoms with Gasteiger partial charge in [-0.15, -0.1) is 5.10 Å². The number of carbonyl (C=O) groups excluding carboxylic acids is 1. The molecule has 1 fully saturated rings. The highest BCUT2D eigenvalue weighted by molar-refractivity contribution is 5.96. The maximum absolute atomic E-state index is 12.0. The molecule has 18 heavy (non-hydrogen) atoms. The van der Waals surface area contributed by atoms with Gasteiger partial charge in [0.05, 0.1) is 5.92 Å². The van der Waals surface area contributed by atoms with Gasteiger partial charge in [-0.3, -0.25) is 4.79 Å². The van der Waals surface area contributed by atoms with Crippen LogP contribution in [0.3, 0.4) is 0 Å². The van der Waals surface area contributed by atoms with Crippen LogP contribution >= 0.6 is 0 Å². The molecule has 1 aliphatic heterocycles. The molecule has 1 aliphatic rings. The van der Waals surface area contributed by atoms with Gasteiger partial charge in [0, 0.05) is 18.7 Å². The fourth-order valence-corrected chi connectivity index (χ4v) is 2.14. The molecule has 0 saturated carbocycles. The third kappa shape index (κ3) is 1.81. The third-order valence-corrected chi connectivity index (χ3v) is 3.00. The monoisotopic (exact) mass is 244 g/mol. The van der Waals surface area contributed by atoms with E-state index < -0.39 is 0 Å². The first kappa shape index (κ1) is 10.8. The molecule has 0 aliphatic carbocycles. The second kappa shape index (κ2) is 4.14. The van der Waals surface area contributed by atoms with Crippen molar-refractivity contribution in [2.75, 3.05) is 17.2 Å². The van der Waals surface area contributed by atoms with Crippen LogP contribution in [0.4, 0.5) is 11.7 Å². The molecule has 2 heterocycles. The largest absolute Gasteiger partial charge is 0.408 e. The summed E-state index contributed by atoms with van der Waals surface area (Å²) in [5, 5.41) is 7.46. The van der Waals surface area contributed by atoms with Crippen LogP contribution in [0.1, 0.15) is 18.2 Å². The summed E-state index contributed by atoms with van der Waals surface area (Å²) in [6.07, 6.45) is 0.372. The predicted molar refractivity (Wildman–Crippen MR) is 64.9 cm³/mol. The van der Waals surface area contributed by atoms with E-state index in [0.29, 0.717) is 18.9 Å². The number of anilines is 2. The summed E-state index contributed by atoms with van der Waals surface area (Å²) in [6.45, 7) is 0.546. The van der Waals surface area contributed by atoms with Crippen LogP contribution in [-0.4, -0.2) is 22.6 Å². The average Bonchev–Trinajstić information content (AvgIpc) is 2.97. The first-order valence-corrected chi connectivity index (χ1v) is 5.68. The molecule has 3 rings (SSSR count). The lowest BCUT2D eigenvalue weighted by Gasteiger charge is -2.15. The standard InChI is InChI=1S/C12H12N4O2/c13-12-15-14-11(18-12)8-6-10(17)16(7-8)9-4-2-1-3-5-9/h1-5,8H,6-7H2,(H2,13,15)/t8-/m1/s1. The maximum Gasteiger partial charge on any atom is 0.312 e. The molecular formula is C12H12N4O2. The Kier molecular flexibility index (Phi) is 2.47. The zero-order chi connectivity index (χ0) is 12.5. The summed E-state index contributed by atoms with van der Waals surface area (Å²) >= 11 is 0. The number of amides is 1. The Bertz CT molecular complexity index is 566. The third-order valence-electron chi connectivity index (χ3n) is 3.00. The maximum atomic E-state index is 12.0. The van der Waals surface area contributed by atoms with Crippen molar-refractivity contribution in [3.63, 3.8) is 0 Å². The van der Waals surface area contributed by atoms with Gasteiger partial charge in [0.1, 0.15) is 0 Å². The van der Waals surface area contributed by atoms with E-state index >= 15 is 0 Å². The molecule has 1 atom stereocenters. The molecule has 2 N–H and O–H groups in total. The lowest BCUT2D eigenvalue weighted by molar-refractivity contribution is -0.117. The fourth-order valence-electron chi connectivity index (χ4n) is 2.14. The van der Waals surface area contributed by atoms with E-state index in [-0.39, 0.29) is 17.8 Å². The minimum Gasteiger partial charge on any atom is -0.408 e. The molecular weight excluding hydrogens is 232 g/mol. The van der Waals surface area contributed by atoms with E-state index in [4.69, 9.17) is 10.2 Å². The number of nitrogen functional groups attached to an aromatic ring is 1. The lowest BCUT2D eigenvalue weighted by atomic mass is 10.1. The Hall–Kier alpha value is -2.37. The summed E-state index contributed by atoms with van der Waals surface area (Å²) in [5.74, 6) is 0.407. The molecule has 92 valence electrons. The summed E-state index contributed by atoms with van der Waals surface area (Å²) < 4.78 is 5.18. The summed E-state index contributed by atoms with van der Waals surface area (Å²) in [4.78, 5) is 13.7. The van der Waals surface area contributed by atoms with E-state index in [1.807, 2.05) is 30.3 Å². The first-order valence-electron chi connectivity index (χ1n) is 5.68. The van der Waals surface area contributed by atoms with Crippen LogP contribution < -0.4 is 10.6 Å². The molecule has 6 nitrogen and oxygen atoms in total. The first-order chi connectivity index (χ1) is 8.74. The number of nitrogens with zero attached hydrogens (tertiary/aromatic N) is 3. The van der Waals surface area contributed by atoms with Gasteiger partial charge in [-0.05, 0) is 12.1 Å². The van der Waals surface area contributed by atoms with Gasteiger partial charge in [0.25, 0.3) is 0 Å². The van der Waals surface area contributed by atoms with Crippen molar-refractivity contribution in [2.24, 2.45) is 0 Å². The van der Waals surface area contributed by atoms with E-state index in [1.165, 1.54) is 0 Å². The van der Waals surface area contributed by atoms with Crippen LogP contribution in [-0.2, 0) is 4.79 Å². The van der Waals surface area contributed by atoms with Crippen molar-refractivity contribution in [1.29, 1.82) is 0 Å². The molecule has 1 saturated heterocycles. The molecule has 6 heteroatoms. The van der Waals surface area contributed by atoms with Crippen LogP contribution in [0.5, 0.6) is 0 Å². The van der Waals surface area contributed by atoms with Gasteiger partial charge in [0.15, 0.2) is 0 Å². The highest BCUT2D eigenvalue weighted by atomic mass is 16.4. The van der Waals surface area contributed by atoms with E-state index in [0.717, 1.165) is 5.69 Å². The number of carbonyl (C=O) groups is 1. The van der Waals surface area contributed by atoms with Crippen molar-refractivity contribution in [2.45, 2.75) is 12.3 Å². The van der Waals surface area contributed by atoms with E-state index in [2.05, 4.69) is 10.2 Å². The summed E-state index contributed by atoms with van der Waals surface area (Å²) in [5.41, 5.74) is 6.27. The Labute approximate surface area is 103 Å². The number of benzene rings is 1. The van der Waals surface area contributed by atoms with Crippen LogP contribution in [0, 0.1) is 0 Å². The molecule has 1 aromatic heterocycles. The Morgan fingerprint density at radius 2 is 2.06 bits per heavy atom. The highest BCUT2D eigenvalue weighted by Gasteiger charge is 2.34. The normalized spacial score (nSPS) is 19.4. The van der Waals surface area contributed by atoms with Crippen molar-refractivity contribution >= 4 is 17.6 Å². The van der Waals surface area contributed by atoms with Crippen LogP contribution in [0.15, 0.2) is 34.7 Å². The van der Waals surface area contributed by atoms with Crippen molar-refractivity contribution in [3.8, 4) is 0 Å². The van der Waals surface area contributed by atoms with Gasteiger partial charge in [-0.25, -0.2) is 0 Å². The van der Waals surface area contributed by atoms with Gasteiger partial charge in [-0.2, -0.15) is 0 Å². The van der Waals surface area contributed by atoms with Crippen molar-refractivity contribution < 1.29 is 9.21 Å². The summed E-state index contributed by atoms with van der Waals surface area (Å²) in [7, 11) is 0. The quantitative estimate of drug-likeness (QED) is 0.857. The number of rotatable bonds is 2. The molecule has 1 aromatic carbocycles. The smallest absolute Gasteiger partial charge is 0.312 e. The topological polar surface area (TPSA) is 85.2 Å². The molecule has 0 radical (unpaired) electrons. The fraction of sp³-hybridized carbons (Fsp3) is 0.250. The number of nitrogens with two attached hydrogens (primary N) is 1. The predicted octanol–water partition coefficient (Wildman–Crippen LogP) is 1.17. The lowest BCUT2D eigenvalue weighted by Crippen LogP contribution is -2.24. The second-order valence-corrected chi connectivity index (χ2v) is 4.22. The summed E-state index contributed by atoms with van der Waals surface area (Å²) in [6, 6.07) is 9.57. The van der Waals surface area contributed by atoms with Gasteiger partial charge >= 0.3 is 6.01 Å². The molecule has 2 aromatic rings. The molecule has 1 amide bonds. The number of aromatic nitrogens is 2. The number of hydrogen-bond acceptors (Lipinski definition) is 5. The van der Waals surface area contributed by atoms with Crippen LogP contribution in [0.2, 0.25) is 0 Å². The Morgan fingerprint density at radius 1 is 1.28 bits per heavy atom. The number of para-hydroxylation sites is 1. The van der Waals surface area contributed by atoms with Gasteiger partial charge in [-0.1, -0.05) is 23.3 Å². The average molecular weight is 244 g/mol. The number of hydrogen-bond donors (Lipinski definition) is 1. The van der Waals surface area contributed by atoms with Gasteiger partial charge < -0.3 is 15.1 Å². The molecule has 0 spiro atoms. The second-order valence-electron chi connectivity index (χ2n) is 4.22. The van der Waals surface area contributed by atoms with Crippen molar-refractivity contribution in [3.05, 3.63) is 36.2 Å². The van der Waals surface area contributed by atoms with Crippen molar-refractivity contribution in [1.82, 2.24) is 10.2 Å². The SMILES string of the molecule is Nc1nnc([C@@H]2CC(=O)N(c3ccccc3)C2)o1. The minimum absolute atomic E-state index is 0.0376. The molecule has 0 unspecified atom stereocenters. The minimum atomic E-state index is -0.0810. The van der Waals surface area contributed by atoms with E-state index in [1.54, 1.807) is 4.90 Å². The van der Waals surface area contributed by atoms with E-state index in [9.17, 15) is 4.79 Å². The Morgan fingerprint density at radius 3 is 2.72 bits per heavy atom. The van der Waals surface area contributed by atoms with Crippen LogP contribution in [0.25, 0.3) is 0 Å². The zero-order valence-electron chi connectivity index (χ0n) is 9.61. The Balaban J connectivity index is 1.83. The highest BCUT2D eigenvalue weighted by Crippen LogP contribution is 2.31.